The fraction of sp³-hybridized carbons (Fsp3) is 0.241. The summed E-state index contributed by atoms with van der Waals surface area (Å²) in [6, 6.07) is 20.4. The zero-order chi connectivity index (χ0) is 25.7. The molecule has 36 heavy (non-hydrogen) atoms. The van der Waals surface area contributed by atoms with Crippen LogP contribution in [0.25, 0.3) is 22.2 Å². The predicted molar refractivity (Wildman–Crippen MR) is 141 cm³/mol. The second-order valence-electron chi connectivity index (χ2n) is 8.44. The van der Waals surface area contributed by atoms with Crippen molar-refractivity contribution in [1.82, 2.24) is 19.8 Å². The van der Waals surface area contributed by atoms with E-state index in [1.54, 1.807) is 34.3 Å². The third-order valence-corrected chi connectivity index (χ3v) is 6.29. The topological polar surface area (TPSA) is 86.4 Å². The van der Waals surface area contributed by atoms with Gasteiger partial charge >= 0.3 is 0 Å². The number of carbonyl (C=O) groups is 3. The molecule has 0 radical (unpaired) electrons. The van der Waals surface area contributed by atoms with E-state index in [9.17, 15) is 14.4 Å². The molecule has 5 rings (SSSR count). The molecular weight excluding hydrogens is 452 g/mol. The van der Waals surface area contributed by atoms with Crippen molar-refractivity contribution in [1.29, 1.82) is 0 Å². The number of aromatic amines is 1. The van der Waals surface area contributed by atoms with Crippen molar-refractivity contribution in [3.05, 3.63) is 90.3 Å². The fourth-order valence-corrected chi connectivity index (χ4v) is 4.55. The third-order valence-electron chi connectivity index (χ3n) is 6.29. The standard InChI is InChI=1S/C27H24N4O3.C2H6/c1-18-17-30(26(33)20-10-6-3-7-11-20)14-15-31(18)27(34)24(32)22-16-29-25-23(22)21(12-13-28-25)19-8-4-2-5-9-19;1-2/h2-13,16,18H,14-15,17H2,1H3,(H,28,29);1-2H3/t18-;/m1./s1. The van der Waals surface area contributed by atoms with Crippen molar-refractivity contribution in [3.63, 3.8) is 0 Å². The summed E-state index contributed by atoms with van der Waals surface area (Å²) < 4.78 is 0. The normalized spacial score (nSPS) is 15.2. The van der Waals surface area contributed by atoms with Crippen LogP contribution in [0.5, 0.6) is 0 Å². The molecule has 1 atom stereocenters. The second-order valence-corrected chi connectivity index (χ2v) is 8.44. The van der Waals surface area contributed by atoms with Crippen molar-refractivity contribution < 1.29 is 14.4 Å². The van der Waals surface area contributed by atoms with Gasteiger partial charge in [0.15, 0.2) is 0 Å². The molecule has 184 valence electrons. The van der Waals surface area contributed by atoms with E-state index in [0.29, 0.717) is 41.8 Å². The number of hydrogen-bond donors (Lipinski definition) is 1. The summed E-state index contributed by atoms with van der Waals surface area (Å²) in [4.78, 5) is 50.1. The summed E-state index contributed by atoms with van der Waals surface area (Å²) in [6.45, 7) is 6.91. The summed E-state index contributed by atoms with van der Waals surface area (Å²) in [6.07, 6.45) is 3.24. The summed E-state index contributed by atoms with van der Waals surface area (Å²) in [5.41, 5.74) is 3.27. The molecule has 7 heteroatoms. The molecule has 1 aliphatic heterocycles. The lowest BCUT2D eigenvalue weighted by molar-refractivity contribution is -0.130. The minimum atomic E-state index is -0.578. The van der Waals surface area contributed by atoms with Gasteiger partial charge in [0, 0.05) is 49.0 Å². The van der Waals surface area contributed by atoms with Gasteiger partial charge in [-0.15, -0.1) is 0 Å². The first-order valence-electron chi connectivity index (χ1n) is 12.3. The molecule has 0 aliphatic carbocycles. The summed E-state index contributed by atoms with van der Waals surface area (Å²) in [5, 5.41) is 0.637. The number of nitrogens with one attached hydrogen (secondary N) is 1. The highest BCUT2D eigenvalue weighted by molar-refractivity contribution is 6.45. The van der Waals surface area contributed by atoms with Crippen LogP contribution < -0.4 is 0 Å². The van der Waals surface area contributed by atoms with Crippen molar-refractivity contribution in [2.24, 2.45) is 0 Å². The minimum absolute atomic E-state index is 0.0684. The maximum absolute atomic E-state index is 13.4. The Morgan fingerprint density at radius 1 is 0.917 bits per heavy atom. The van der Waals surface area contributed by atoms with E-state index < -0.39 is 11.7 Å². The van der Waals surface area contributed by atoms with Crippen LogP contribution in [0.1, 0.15) is 41.5 Å². The highest BCUT2D eigenvalue weighted by atomic mass is 16.2. The molecule has 0 bridgehead atoms. The SMILES string of the molecule is CC.C[C@@H]1CN(C(=O)c2ccccc2)CCN1C(=O)C(=O)c1c[nH]c2nccc(-c3ccccc3)c12. The number of Topliss-reactive ketones (excluding diaryl/α,β-unsaturated/α-hetero) is 1. The number of ketones is 1. The molecular formula is C29H30N4O3. The molecule has 2 aromatic carbocycles. The molecule has 0 unspecified atom stereocenters. The molecule has 1 fully saturated rings. The Kier molecular flexibility index (Phi) is 7.59. The van der Waals surface area contributed by atoms with Crippen molar-refractivity contribution in [2.45, 2.75) is 26.8 Å². The van der Waals surface area contributed by atoms with Gasteiger partial charge in [-0.3, -0.25) is 14.4 Å². The molecule has 7 nitrogen and oxygen atoms in total. The maximum Gasteiger partial charge on any atom is 0.295 e. The second kappa shape index (κ2) is 11.0. The maximum atomic E-state index is 13.4. The largest absolute Gasteiger partial charge is 0.345 e. The number of hydrogen-bond acceptors (Lipinski definition) is 4. The van der Waals surface area contributed by atoms with E-state index in [4.69, 9.17) is 0 Å². The predicted octanol–water partition coefficient (Wildman–Crippen LogP) is 4.81. The van der Waals surface area contributed by atoms with Crippen LogP contribution in [0.3, 0.4) is 0 Å². The van der Waals surface area contributed by atoms with E-state index in [1.807, 2.05) is 75.4 Å². The zero-order valence-corrected chi connectivity index (χ0v) is 20.8. The van der Waals surface area contributed by atoms with E-state index in [2.05, 4.69) is 9.97 Å². The van der Waals surface area contributed by atoms with Crippen LogP contribution in [0.4, 0.5) is 0 Å². The molecule has 3 heterocycles. The van der Waals surface area contributed by atoms with Crippen LogP contribution in [-0.4, -0.2) is 63.0 Å². The molecule has 1 saturated heterocycles. The Morgan fingerprint density at radius 3 is 2.25 bits per heavy atom. The number of piperazine rings is 1. The smallest absolute Gasteiger partial charge is 0.295 e. The quantitative estimate of drug-likeness (QED) is 0.334. The van der Waals surface area contributed by atoms with Gasteiger partial charge in [-0.1, -0.05) is 62.4 Å². The zero-order valence-electron chi connectivity index (χ0n) is 20.8. The monoisotopic (exact) mass is 482 g/mol. The highest BCUT2D eigenvalue weighted by Gasteiger charge is 2.34. The van der Waals surface area contributed by atoms with Gasteiger partial charge in [-0.2, -0.15) is 0 Å². The highest BCUT2D eigenvalue weighted by Crippen LogP contribution is 2.30. The van der Waals surface area contributed by atoms with Crippen LogP contribution in [0.2, 0.25) is 0 Å². The average molecular weight is 483 g/mol. The molecule has 2 amide bonds. The van der Waals surface area contributed by atoms with Crippen LogP contribution >= 0.6 is 0 Å². The number of rotatable bonds is 4. The number of amides is 2. The van der Waals surface area contributed by atoms with Crippen LogP contribution in [0.15, 0.2) is 79.1 Å². The lowest BCUT2D eigenvalue weighted by Gasteiger charge is -2.39. The van der Waals surface area contributed by atoms with Gasteiger partial charge in [0.05, 0.1) is 5.56 Å². The summed E-state index contributed by atoms with van der Waals surface area (Å²) >= 11 is 0. The molecule has 0 spiro atoms. The number of nitrogens with zero attached hydrogens (tertiary/aromatic N) is 3. The fourth-order valence-electron chi connectivity index (χ4n) is 4.55. The number of pyridine rings is 1. The first kappa shape index (κ1) is 24.9. The van der Waals surface area contributed by atoms with Gasteiger partial charge in [-0.05, 0) is 36.2 Å². The number of fused-ring (bicyclic) bond motifs is 1. The molecule has 1 N–H and O–H groups in total. The van der Waals surface area contributed by atoms with Gasteiger partial charge in [0.2, 0.25) is 0 Å². The number of H-pyrrole nitrogens is 1. The molecule has 1 aliphatic rings. The molecule has 2 aromatic heterocycles. The van der Waals surface area contributed by atoms with Gasteiger partial charge in [0.25, 0.3) is 17.6 Å². The Labute approximate surface area is 210 Å². The Hall–Kier alpha value is -4.26. The van der Waals surface area contributed by atoms with Crippen molar-refractivity contribution in [2.75, 3.05) is 19.6 Å². The van der Waals surface area contributed by atoms with Crippen molar-refractivity contribution >= 4 is 28.6 Å². The Balaban J connectivity index is 0.00000148. The average Bonchev–Trinajstić information content (AvgIpc) is 3.38. The van der Waals surface area contributed by atoms with Gasteiger partial charge in [-0.25, -0.2) is 4.98 Å². The number of benzene rings is 2. The van der Waals surface area contributed by atoms with Crippen molar-refractivity contribution in [3.8, 4) is 11.1 Å². The van der Waals surface area contributed by atoms with E-state index >= 15 is 0 Å². The number of aromatic nitrogens is 2. The lowest BCUT2D eigenvalue weighted by atomic mass is 9.99. The van der Waals surface area contributed by atoms with Crippen LogP contribution in [-0.2, 0) is 4.79 Å². The first-order valence-corrected chi connectivity index (χ1v) is 12.3. The van der Waals surface area contributed by atoms with E-state index in [-0.39, 0.29) is 11.9 Å². The van der Waals surface area contributed by atoms with E-state index in [0.717, 1.165) is 11.1 Å². The first-order chi connectivity index (χ1) is 17.5. The van der Waals surface area contributed by atoms with Gasteiger partial charge < -0.3 is 14.8 Å². The molecule has 0 saturated carbocycles. The Bertz CT molecular complexity index is 1370. The minimum Gasteiger partial charge on any atom is -0.345 e. The Morgan fingerprint density at radius 2 is 1.58 bits per heavy atom. The summed E-state index contributed by atoms with van der Waals surface area (Å²) in [5.74, 6) is -1.21. The van der Waals surface area contributed by atoms with Crippen LogP contribution in [0, 0.1) is 0 Å². The third kappa shape index (κ3) is 4.77. The summed E-state index contributed by atoms with van der Waals surface area (Å²) in [7, 11) is 0. The van der Waals surface area contributed by atoms with E-state index in [1.165, 1.54) is 0 Å². The lowest BCUT2D eigenvalue weighted by Crippen LogP contribution is -2.56. The molecule has 4 aromatic rings. The number of carbonyl (C=O) groups excluding carboxylic acids is 3. The van der Waals surface area contributed by atoms with Gasteiger partial charge in [0.1, 0.15) is 5.65 Å².